The molecule has 3 nitrogen and oxygen atoms in total. The summed E-state index contributed by atoms with van der Waals surface area (Å²) in [6, 6.07) is 10.5. The van der Waals surface area contributed by atoms with Gasteiger partial charge >= 0.3 is 0 Å². The lowest BCUT2D eigenvalue weighted by Gasteiger charge is -2.69. The van der Waals surface area contributed by atoms with Crippen LogP contribution in [0, 0.1) is 5.41 Å². The van der Waals surface area contributed by atoms with Crippen LogP contribution in [0.5, 0.6) is 0 Å². The molecule has 3 heteroatoms. The van der Waals surface area contributed by atoms with Gasteiger partial charge < -0.3 is 5.73 Å². The molecule has 0 aromatic heterocycles. The van der Waals surface area contributed by atoms with Gasteiger partial charge in [0.15, 0.2) is 5.78 Å². The molecule has 0 spiro atoms. The minimum Gasteiger partial charge on any atom is -0.312 e. The Morgan fingerprint density at radius 3 is 2.53 bits per heavy atom. The Morgan fingerprint density at radius 2 is 1.94 bits per heavy atom. The van der Waals surface area contributed by atoms with E-state index in [9.17, 15) is 4.79 Å². The molecular formula is C14H16N2O. The van der Waals surface area contributed by atoms with E-state index in [2.05, 4.69) is 29.3 Å². The van der Waals surface area contributed by atoms with Gasteiger partial charge in [0.2, 0.25) is 0 Å². The maximum Gasteiger partial charge on any atom is 0.179 e. The monoisotopic (exact) mass is 228 g/mol. The summed E-state index contributed by atoms with van der Waals surface area (Å²) in [7, 11) is 0. The van der Waals surface area contributed by atoms with E-state index >= 15 is 0 Å². The van der Waals surface area contributed by atoms with Crippen LogP contribution in [-0.2, 0) is 10.2 Å². The highest BCUT2D eigenvalue weighted by Crippen LogP contribution is 2.73. The number of benzene rings is 1. The van der Waals surface area contributed by atoms with Crippen LogP contribution in [0.4, 0.5) is 0 Å². The molecule has 0 aliphatic heterocycles. The molecule has 0 heterocycles. The summed E-state index contributed by atoms with van der Waals surface area (Å²) in [6.45, 7) is 0.200. The summed E-state index contributed by atoms with van der Waals surface area (Å²) in [4.78, 5) is 15.8. The van der Waals surface area contributed by atoms with Gasteiger partial charge in [-0.1, -0.05) is 30.3 Å². The second-order valence-corrected chi connectivity index (χ2v) is 5.32. The van der Waals surface area contributed by atoms with Crippen LogP contribution >= 0.6 is 0 Å². The molecule has 3 aliphatic carbocycles. The van der Waals surface area contributed by atoms with Gasteiger partial charge in [0.25, 0.3) is 0 Å². The zero-order chi connectivity index (χ0) is 11.9. The van der Waals surface area contributed by atoms with Crippen LogP contribution in [0.3, 0.4) is 0 Å². The summed E-state index contributed by atoms with van der Waals surface area (Å²) in [5, 5.41) is 0. The first-order chi connectivity index (χ1) is 8.21. The number of carbonyl (C=O) groups is 1. The second kappa shape index (κ2) is 3.50. The van der Waals surface area contributed by atoms with Crippen molar-refractivity contribution in [2.24, 2.45) is 16.1 Å². The van der Waals surface area contributed by atoms with Crippen LogP contribution in [0.25, 0.3) is 0 Å². The topological polar surface area (TPSA) is 55.4 Å². The van der Waals surface area contributed by atoms with E-state index in [1.54, 1.807) is 0 Å². The highest BCUT2D eigenvalue weighted by molar-refractivity contribution is 6.31. The van der Waals surface area contributed by atoms with Crippen LogP contribution < -0.4 is 5.73 Å². The van der Waals surface area contributed by atoms with Crippen molar-refractivity contribution in [3.05, 3.63) is 35.9 Å². The van der Waals surface area contributed by atoms with Crippen LogP contribution in [0.1, 0.15) is 24.8 Å². The molecule has 3 aliphatic rings. The quantitative estimate of drug-likeness (QED) is 0.797. The fourth-order valence-corrected chi connectivity index (χ4v) is 3.42. The fraction of sp³-hybridized carbons (Fsp3) is 0.429. The third kappa shape index (κ3) is 1.39. The normalized spacial score (nSPS) is 34.2. The largest absolute Gasteiger partial charge is 0.312 e. The molecule has 0 atom stereocenters. The molecule has 0 unspecified atom stereocenters. The highest BCUT2D eigenvalue weighted by Gasteiger charge is 2.71. The predicted octanol–water partition coefficient (Wildman–Crippen LogP) is 1.66. The predicted molar refractivity (Wildman–Crippen MR) is 67.0 cm³/mol. The Morgan fingerprint density at radius 1 is 1.29 bits per heavy atom. The van der Waals surface area contributed by atoms with Gasteiger partial charge in [0.05, 0.1) is 12.9 Å². The minimum absolute atomic E-state index is 0.103. The van der Waals surface area contributed by atoms with E-state index in [0.717, 1.165) is 19.3 Å². The van der Waals surface area contributed by atoms with Gasteiger partial charge in [-0.2, -0.15) is 0 Å². The van der Waals surface area contributed by atoms with Gasteiger partial charge in [0.1, 0.15) is 0 Å². The zero-order valence-electron chi connectivity index (χ0n) is 9.73. The smallest absolute Gasteiger partial charge is 0.179 e. The number of nitrogens with zero attached hydrogens (tertiary/aromatic N) is 1. The Kier molecular flexibility index (Phi) is 2.20. The lowest BCUT2D eigenvalue weighted by atomic mass is 9.32. The summed E-state index contributed by atoms with van der Waals surface area (Å²) >= 11 is 0. The molecule has 0 amide bonds. The van der Waals surface area contributed by atoms with Crippen molar-refractivity contribution >= 4 is 12.0 Å². The van der Waals surface area contributed by atoms with Crippen molar-refractivity contribution in [1.29, 1.82) is 0 Å². The molecule has 0 radical (unpaired) electrons. The summed E-state index contributed by atoms with van der Waals surface area (Å²) in [5.74, 6) is 0.167. The van der Waals surface area contributed by atoms with Crippen molar-refractivity contribution < 1.29 is 4.79 Å². The molecular weight excluding hydrogens is 212 g/mol. The van der Waals surface area contributed by atoms with Crippen molar-refractivity contribution in [3.63, 3.8) is 0 Å². The van der Waals surface area contributed by atoms with Gasteiger partial charge in [-0.15, -0.1) is 0 Å². The lowest BCUT2D eigenvalue weighted by Crippen LogP contribution is -2.68. The van der Waals surface area contributed by atoms with E-state index in [1.165, 1.54) is 11.8 Å². The van der Waals surface area contributed by atoms with Crippen LogP contribution in [0.15, 0.2) is 35.3 Å². The Labute approximate surface area is 101 Å². The zero-order valence-corrected chi connectivity index (χ0v) is 9.73. The Balaban J connectivity index is 1.71. The second-order valence-electron chi connectivity index (χ2n) is 5.32. The molecule has 4 rings (SSSR count). The number of rotatable bonds is 4. The Hall–Kier alpha value is -1.48. The van der Waals surface area contributed by atoms with Crippen molar-refractivity contribution in [3.8, 4) is 0 Å². The standard InChI is InChI=1S/C14H16N2O/c15-10-16-6-12(17)14-7-13(8-14,9-14)11-4-2-1-3-5-11/h1-6H,7-10,15H2/b16-6+. The first-order valence-electron chi connectivity index (χ1n) is 6.01. The average Bonchev–Trinajstić information content (AvgIpc) is 2.24. The molecule has 3 fully saturated rings. The molecule has 1 aromatic rings. The minimum atomic E-state index is -0.103. The number of nitrogens with two attached hydrogens (primary N) is 1. The number of hydrogen-bond donors (Lipinski definition) is 1. The van der Waals surface area contributed by atoms with E-state index < -0.39 is 0 Å². The number of hydrogen-bond acceptors (Lipinski definition) is 3. The number of carbonyl (C=O) groups excluding carboxylic acids is 1. The number of Topliss-reactive ketones (excluding diaryl/α,β-unsaturated/α-hetero) is 1. The van der Waals surface area contributed by atoms with Crippen LogP contribution in [0.2, 0.25) is 0 Å². The first-order valence-corrected chi connectivity index (χ1v) is 6.01. The molecule has 88 valence electrons. The molecule has 2 N–H and O–H groups in total. The Bertz CT molecular complexity index is 458. The average molecular weight is 228 g/mol. The first kappa shape index (κ1) is 10.7. The molecule has 0 saturated heterocycles. The number of aliphatic imine (C=N–C) groups is 1. The lowest BCUT2D eigenvalue weighted by molar-refractivity contribution is -0.165. The molecule has 3 saturated carbocycles. The fourth-order valence-electron chi connectivity index (χ4n) is 3.42. The van der Waals surface area contributed by atoms with Gasteiger partial charge in [-0.3, -0.25) is 9.79 Å². The van der Waals surface area contributed by atoms with Crippen molar-refractivity contribution in [2.45, 2.75) is 24.7 Å². The third-order valence-corrected chi connectivity index (χ3v) is 4.25. The summed E-state index contributed by atoms with van der Waals surface area (Å²) < 4.78 is 0. The van der Waals surface area contributed by atoms with E-state index in [1.807, 2.05) is 6.07 Å². The van der Waals surface area contributed by atoms with E-state index in [0.29, 0.717) is 0 Å². The van der Waals surface area contributed by atoms with Gasteiger partial charge in [-0.25, -0.2) is 0 Å². The SMILES string of the molecule is NC/N=C/C(=O)C12CC(c3ccccc3)(C1)C2. The van der Waals surface area contributed by atoms with Gasteiger partial charge in [-0.05, 0) is 30.2 Å². The maximum atomic E-state index is 11.9. The summed E-state index contributed by atoms with van der Waals surface area (Å²) in [6.07, 6.45) is 4.38. The van der Waals surface area contributed by atoms with E-state index in [-0.39, 0.29) is 23.3 Å². The number of ketones is 1. The third-order valence-electron chi connectivity index (χ3n) is 4.25. The van der Waals surface area contributed by atoms with Crippen molar-refractivity contribution in [1.82, 2.24) is 0 Å². The van der Waals surface area contributed by atoms with Gasteiger partial charge in [0, 0.05) is 5.41 Å². The maximum absolute atomic E-state index is 11.9. The highest BCUT2D eigenvalue weighted by atomic mass is 16.1. The van der Waals surface area contributed by atoms with Crippen molar-refractivity contribution in [2.75, 3.05) is 6.67 Å². The molecule has 17 heavy (non-hydrogen) atoms. The molecule has 1 aromatic carbocycles. The van der Waals surface area contributed by atoms with E-state index in [4.69, 9.17) is 5.73 Å². The summed E-state index contributed by atoms with van der Waals surface area (Å²) in [5.41, 5.74) is 6.82. The molecule has 2 bridgehead atoms. The van der Waals surface area contributed by atoms with Crippen LogP contribution in [-0.4, -0.2) is 18.7 Å².